The van der Waals surface area contributed by atoms with Crippen molar-refractivity contribution in [1.82, 2.24) is 0 Å². The monoisotopic (exact) mass is 160 g/mol. The highest BCUT2D eigenvalue weighted by atomic mass is 16.5. The van der Waals surface area contributed by atoms with Gasteiger partial charge in [0.05, 0.1) is 12.7 Å². The molecular formula is C8H16O3. The van der Waals surface area contributed by atoms with Crippen molar-refractivity contribution >= 4 is 5.78 Å². The Hall–Kier alpha value is -0.410. The number of hydrogen-bond donors (Lipinski definition) is 1. The van der Waals surface area contributed by atoms with E-state index in [4.69, 9.17) is 9.84 Å². The summed E-state index contributed by atoms with van der Waals surface area (Å²) in [5, 5.41) is 8.44. The number of carbonyl (C=O) groups excluding carboxylic acids is 1. The number of ether oxygens (including phenoxy) is 1. The highest BCUT2D eigenvalue weighted by Crippen LogP contribution is 2.09. The van der Waals surface area contributed by atoms with Gasteiger partial charge in [0.25, 0.3) is 0 Å². The van der Waals surface area contributed by atoms with E-state index in [1.807, 2.05) is 0 Å². The molecular weight excluding hydrogens is 144 g/mol. The van der Waals surface area contributed by atoms with E-state index in [9.17, 15) is 4.79 Å². The summed E-state index contributed by atoms with van der Waals surface area (Å²) < 4.78 is 5.05. The average molecular weight is 160 g/mol. The Labute approximate surface area is 67.4 Å². The summed E-state index contributed by atoms with van der Waals surface area (Å²) in [6.07, 6.45) is 2.31. The molecule has 0 aliphatic carbocycles. The molecule has 0 aromatic rings. The van der Waals surface area contributed by atoms with Crippen LogP contribution >= 0.6 is 0 Å². The minimum Gasteiger partial charge on any atom is -0.394 e. The summed E-state index contributed by atoms with van der Waals surface area (Å²) in [6.45, 7) is 4.09. The first-order chi connectivity index (χ1) is 5.16. The first-order valence-electron chi connectivity index (χ1n) is 3.86. The molecule has 1 heterocycles. The van der Waals surface area contributed by atoms with Crippen LogP contribution in [0.25, 0.3) is 0 Å². The molecule has 1 aliphatic heterocycles. The molecule has 1 aliphatic rings. The third-order valence-electron chi connectivity index (χ3n) is 1.23. The van der Waals surface area contributed by atoms with Crippen LogP contribution in [0.4, 0.5) is 0 Å². The Morgan fingerprint density at radius 1 is 1.64 bits per heavy atom. The van der Waals surface area contributed by atoms with Crippen LogP contribution in [0.2, 0.25) is 0 Å². The molecule has 1 atom stereocenters. The predicted octanol–water partition coefficient (Wildman–Crippen LogP) is 0.753. The first-order valence-corrected chi connectivity index (χ1v) is 3.86. The molecule has 1 N–H and O–H groups in total. The zero-order chi connectivity index (χ0) is 8.69. The molecule has 3 heteroatoms. The third kappa shape index (κ3) is 7.49. The van der Waals surface area contributed by atoms with Gasteiger partial charge in [-0.3, -0.25) is 0 Å². The van der Waals surface area contributed by atoms with Crippen molar-refractivity contribution in [3.63, 3.8) is 0 Å². The lowest BCUT2D eigenvalue weighted by atomic mass is 10.2. The molecule has 3 nitrogen and oxygen atoms in total. The van der Waals surface area contributed by atoms with Crippen LogP contribution in [0.15, 0.2) is 0 Å². The lowest BCUT2D eigenvalue weighted by Gasteiger charge is -2.00. The minimum absolute atomic E-state index is 0.153. The van der Waals surface area contributed by atoms with Crippen molar-refractivity contribution in [2.24, 2.45) is 0 Å². The van der Waals surface area contributed by atoms with Crippen LogP contribution < -0.4 is 0 Å². The van der Waals surface area contributed by atoms with E-state index < -0.39 is 0 Å². The number of aliphatic hydroxyl groups is 1. The summed E-state index contributed by atoms with van der Waals surface area (Å²) in [6, 6.07) is 0. The lowest BCUT2D eigenvalue weighted by molar-refractivity contribution is -0.114. The molecule has 0 saturated carbocycles. The maximum Gasteiger partial charge on any atom is 0.126 e. The Morgan fingerprint density at radius 2 is 2.18 bits per heavy atom. The molecule has 1 unspecified atom stereocenters. The molecule has 0 spiro atoms. The van der Waals surface area contributed by atoms with Gasteiger partial charge in [-0.15, -0.1) is 0 Å². The van der Waals surface area contributed by atoms with Gasteiger partial charge in [0.2, 0.25) is 0 Å². The van der Waals surface area contributed by atoms with Gasteiger partial charge >= 0.3 is 0 Å². The van der Waals surface area contributed by atoms with Crippen molar-refractivity contribution in [3.05, 3.63) is 0 Å². The van der Waals surface area contributed by atoms with Crippen molar-refractivity contribution in [2.45, 2.75) is 32.8 Å². The highest BCUT2D eigenvalue weighted by Gasteiger charge is 2.12. The summed E-state index contributed by atoms with van der Waals surface area (Å²) in [7, 11) is 0. The van der Waals surface area contributed by atoms with E-state index in [-0.39, 0.29) is 18.5 Å². The van der Waals surface area contributed by atoms with Crippen LogP contribution in [0, 0.1) is 0 Å². The second kappa shape index (κ2) is 6.31. The molecule has 1 saturated heterocycles. The zero-order valence-corrected chi connectivity index (χ0v) is 7.17. The van der Waals surface area contributed by atoms with Crippen LogP contribution in [0.1, 0.15) is 26.7 Å². The second-order valence-corrected chi connectivity index (χ2v) is 2.73. The van der Waals surface area contributed by atoms with Crippen LogP contribution in [-0.4, -0.2) is 30.2 Å². The molecule has 1 rings (SSSR count). The largest absolute Gasteiger partial charge is 0.394 e. The maximum atomic E-state index is 9.44. The second-order valence-electron chi connectivity index (χ2n) is 2.73. The number of carbonyl (C=O) groups is 1. The van der Waals surface area contributed by atoms with Gasteiger partial charge in [-0.1, -0.05) is 0 Å². The number of aliphatic hydroxyl groups excluding tert-OH is 1. The van der Waals surface area contributed by atoms with Crippen molar-refractivity contribution in [2.75, 3.05) is 13.2 Å². The van der Waals surface area contributed by atoms with E-state index in [0.29, 0.717) is 0 Å². The molecule has 0 amide bonds. The Bertz CT molecular complexity index is 102. The predicted molar refractivity (Wildman–Crippen MR) is 42.4 cm³/mol. The summed E-state index contributed by atoms with van der Waals surface area (Å²) in [4.78, 5) is 9.44. The van der Waals surface area contributed by atoms with Gasteiger partial charge in [-0.25, -0.2) is 0 Å². The molecule has 11 heavy (non-hydrogen) atoms. The smallest absolute Gasteiger partial charge is 0.126 e. The zero-order valence-electron chi connectivity index (χ0n) is 7.17. The van der Waals surface area contributed by atoms with E-state index >= 15 is 0 Å². The van der Waals surface area contributed by atoms with E-state index in [0.717, 1.165) is 19.4 Å². The van der Waals surface area contributed by atoms with E-state index in [2.05, 4.69) is 0 Å². The number of hydrogen-bond acceptors (Lipinski definition) is 3. The van der Waals surface area contributed by atoms with Gasteiger partial charge < -0.3 is 14.6 Å². The number of Topliss-reactive ketones (excluding diaryl/α,β-unsaturated/α-hetero) is 1. The maximum absolute atomic E-state index is 9.44. The van der Waals surface area contributed by atoms with Crippen molar-refractivity contribution < 1.29 is 14.6 Å². The fourth-order valence-electron chi connectivity index (χ4n) is 0.788. The summed E-state index contributed by atoms with van der Waals surface area (Å²) in [5.74, 6) is 0.167. The third-order valence-corrected chi connectivity index (χ3v) is 1.23. The standard InChI is InChI=1S/C5H10O2.C3H6O/c6-4-5-2-1-3-7-5;1-3(2)4/h5-6H,1-4H2;1-2H3. The minimum atomic E-state index is 0.153. The van der Waals surface area contributed by atoms with Gasteiger partial charge in [0.15, 0.2) is 0 Å². The molecule has 0 bridgehead atoms. The first kappa shape index (κ1) is 10.6. The van der Waals surface area contributed by atoms with Gasteiger partial charge in [-0.2, -0.15) is 0 Å². The van der Waals surface area contributed by atoms with Gasteiger partial charge in [-0.05, 0) is 26.7 Å². The van der Waals surface area contributed by atoms with E-state index in [1.54, 1.807) is 0 Å². The van der Waals surface area contributed by atoms with Crippen molar-refractivity contribution in [1.29, 1.82) is 0 Å². The summed E-state index contributed by atoms with van der Waals surface area (Å²) >= 11 is 0. The average Bonchev–Trinajstić information content (AvgIpc) is 2.36. The molecule has 0 aromatic heterocycles. The van der Waals surface area contributed by atoms with Crippen molar-refractivity contribution in [3.8, 4) is 0 Å². The lowest BCUT2D eigenvalue weighted by Crippen LogP contribution is -2.09. The number of ketones is 1. The Balaban J connectivity index is 0.000000218. The molecule has 1 fully saturated rings. The molecule has 0 aromatic carbocycles. The van der Waals surface area contributed by atoms with E-state index in [1.165, 1.54) is 13.8 Å². The molecule has 0 radical (unpaired) electrons. The number of rotatable bonds is 1. The fraction of sp³-hybridized carbons (Fsp3) is 0.875. The fourth-order valence-corrected chi connectivity index (χ4v) is 0.788. The quantitative estimate of drug-likeness (QED) is 0.615. The van der Waals surface area contributed by atoms with Crippen LogP contribution in [0.5, 0.6) is 0 Å². The SMILES string of the molecule is CC(C)=O.OCC1CCCO1. The molecule has 66 valence electrons. The van der Waals surface area contributed by atoms with Crippen LogP contribution in [-0.2, 0) is 9.53 Å². The Morgan fingerprint density at radius 3 is 2.36 bits per heavy atom. The van der Waals surface area contributed by atoms with Gasteiger partial charge in [0, 0.05) is 6.61 Å². The topological polar surface area (TPSA) is 46.5 Å². The summed E-state index contributed by atoms with van der Waals surface area (Å²) in [5.41, 5.74) is 0. The Kier molecular flexibility index (Phi) is 6.07. The van der Waals surface area contributed by atoms with Crippen LogP contribution in [0.3, 0.4) is 0 Å². The van der Waals surface area contributed by atoms with Gasteiger partial charge in [0.1, 0.15) is 5.78 Å². The highest BCUT2D eigenvalue weighted by molar-refractivity contribution is 5.72. The normalized spacial score (nSPS) is 22.3.